The van der Waals surface area contributed by atoms with Gasteiger partial charge in [0.1, 0.15) is 0 Å². The summed E-state index contributed by atoms with van der Waals surface area (Å²) in [6.45, 7) is 2.48. The Bertz CT molecular complexity index is 433. The first-order chi connectivity index (χ1) is 9.78. The topological polar surface area (TPSA) is 39.6 Å². The average Bonchev–Trinajstić information content (AvgIpc) is 3.05. The summed E-state index contributed by atoms with van der Waals surface area (Å²) in [5.41, 5.74) is 1.22. The Morgan fingerprint density at radius 2 is 2.30 bits per heavy atom. The van der Waals surface area contributed by atoms with Gasteiger partial charge in [-0.05, 0) is 45.1 Å². The Morgan fingerprint density at radius 3 is 3.05 bits per heavy atom. The van der Waals surface area contributed by atoms with Crippen LogP contribution >= 0.6 is 11.3 Å². The van der Waals surface area contributed by atoms with E-state index in [9.17, 15) is 0 Å². The summed E-state index contributed by atoms with van der Waals surface area (Å²) in [6.07, 6.45) is 7.25. The highest BCUT2D eigenvalue weighted by molar-refractivity contribution is 7.13. The quantitative estimate of drug-likeness (QED) is 0.839. The fourth-order valence-corrected chi connectivity index (χ4v) is 3.97. The summed E-state index contributed by atoms with van der Waals surface area (Å²) in [5, 5.41) is 12.4. The van der Waals surface area contributed by atoms with Gasteiger partial charge in [-0.1, -0.05) is 0 Å². The van der Waals surface area contributed by atoms with Crippen molar-refractivity contribution in [2.24, 2.45) is 0 Å². The number of aliphatic hydroxyl groups excluding tert-OH is 1. The molecule has 1 aromatic heterocycles. The fraction of sp³-hybridized carbons (Fsp3) is 0.800. The van der Waals surface area contributed by atoms with Crippen LogP contribution in [0.3, 0.4) is 0 Å². The molecule has 112 valence electrons. The van der Waals surface area contributed by atoms with Crippen molar-refractivity contribution in [2.75, 3.05) is 25.1 Å². The van der Waals surface area contributed by atoms with Crippen molar-refractivity contribution < 1.29 is 5.11 Å². The second-order valence-electron chi connectivity index (χ2n) is 6.10. The minimum Gasteiger partial charge on any atom is -0.396 e. The van der Waals surface area contributed by atoms with Crippen molar-refractivity contribution in [2.45, 2.75) is 57.2 Å². The molecule has 5 heteroatoms. The van der Waals surface area contributed by atoms with Crippen LogP contribution in [0.2, 0.25) is 0 Å². The Balaban J connectivity index is 1.56. The van der Waals surface area contributed by atoms with E-state index in [2.05, 4.69) is 22.2 Å². The predicted molar refractivity (Wildman–Crippen MR) is 83.3 cm³/mol. The lowest BCUT2D eigenvalue weighted by molar-refractivity contribution is 0.208. The minimum atomic E-state index is 0.317. The van der Waals surface area contributed by atoms with Crippen molar-refractivity contribution >= 4 is 16.5 Å². The Kier molecular flexibility index (Phi) is 4.58. The molecule has 3 rings (SSSR count). The highest BCUT2D eigenvalue weighted by Crippen LogP contribution is 2.32. The second kappa shape index (κ2) is 6.41. The van der Waals surface area contributed by atoms with Crippen LogP contribution in [0.5, 0.6) is 0 Å². The molecule has 1 saturated carbocycles. The van der Waals surface area contributed by atoms with E-state index in [1.165, 1.54) is 43.1 Å². The summed E-state index contributed by atoms with van der Waals surface area (Å²) in [5.74, 6) is 0. The number of nitrogens with zero attached hydrogens (tertiary/aromatic N) is 3. The summed E-state index contributed by atoms with van der Waals surface area (Å²) < 4.78 is 0. The molecule has 1 unspecified atom stereocenters. The number of thiazole rings is 1. The first kappa shape index (κ1) is 14.3. The van der Waals surface area contributed by atoms with E-state index in [0.717, 1.165) is 25.4 Å². The minimum absolute atomic E-state index is 0.317. The van der Waals surface area contributed by atoms with Gasteiger partial charge < -0.3 is 10.0 Å². The molecule has 0 radical (unpaired) electrons. The van der Waals surface area contributed by atoms with Crippen LogP contribution in [0.25, 0.3) is 0 Å². The number of rotatable bonds is 7. The maximum Gasteiger partial charge on any atom is 0.185 e. The Morgan fingerprint density at radius 1 is 1.45 bits per heavy atom. The molecule has 4 nitrogen and oxygen atoms in total. The molecule has 1 saturated heterocycles. The molecule has 1 aromatic rings. The monoisotopic (exact) mass is 295 g/mol. The summed E-state index contributed by atoms with van der Waals surface area (Å²) >= 11 is 1.78. The molecular weight excluding hydrogens is 270 g/mol. The van der Waals surface area contributed by atoms with E-state index < -0.39 is 0 Å². The number of hydrogen-bond acceptors (Lipinski definition) is 5. The molecule has 2 heterocycles. The number of aromatic nitrogens is 1. The van der Waals surface area contributed by atoms with E-state index in [1.54, 1.807) is 11.3 Å². The van der Waals surface area contributed by atoms with Crippen molar-refractivity contribution in [1.82, 2.24) is 9.88 Å². The third-order valence-corrected chi connectivity index (χ3v) is 5.48. The van der Waals surface area contributed by atoms with E-state index in [0.29, 0.717) is 12.6 Å². The maximum absolute atomic E-state index is 8.99. The molecule has 0 bridgehead atoms. The predicted octanol–water partition coefficient (Wildman–Crippen LogP) is 2.48. The number of aliphatic hydroxyl groups is 1. The molecule has 2 aliphatic rings. The van der Waals surface area contributed by atoms with E-state index >= 15 is 0 Å². The molecule has 0 aromatic carbocycles. The van der Waals surface area contributed by atoms with E-state index in [4.69, 9.17) is 10.1 Å². The Hall–Kier alpha value is -0.650. The number of hydrogen-bond donors (Lipinski definition) is 1. The smallest absolute Gasteiger partial charge is 0.185 e. The van der Waals surface area contributed by atoms with Crippen LogP contribution in [-0.4, -0.2) is 47.3 Å². The molecular formula is C15H25N3OS. The van der Waals surface area contributed by atoms with Gasteiger partial charge in [0, 0.05) is 37.7 Å². The van der Waals surface area contributed by atoms with Crippen molar-refractivity contribution in [3.05, 3.63) is 11.1 Å². The van der Waals surface area contributed by atoms with Gasteiger partial charge in [-0.15, -0.1) is 11.3 Å². The SMILES string of the molecule is CN(c1nc(CN2CCCC2CCCO)cs1)C1CC1. The molecule has 1 atom stereocenters. The second-order valence-corrected chi connectivity index (χ2v) is 6.93. The lowest BCUT2D eigenvalue weighted by atomic mass is 10.1. The average molecular weight is 295 g/mol. The molecule has 0 spiro atoms. The third-order valence-electron chi connectivity index (χ3n) is 4.50. The highest BCUT2D eigenvalue weighted by atomic mass is 32.1. The fourth-order valence-electron chi connectivity index (χ4n) is 3.11. The summed E-state index contributed by atoms with van der Waals surface area (Å²) in [4.78, 5) is 9.68. The van der Waals surface area contributed by atoms with Gasteiger partial charge in [-0.25, -0.2) is 4.98 Å². The van der Waals surface area contributed by atoms with Crippen LogP contribution in [-0.2, 0) is 6.54 Å². The molecule has 0 amide bonds. The molecule has 1 N–H and O–H groups in total. The van der Waals surface area contributed by atoms with Gasteiger partial charge in [0.05, 0.1) is 5.69 Å². The standard InChI is InChI=1S/C15H25N3OS/c1-17(13-6-7-13)15-16-12(11-20-15)10-18-8-2-4-14(18)5-3-9-19/h11,13-14,19H,2-10H2,1H3. The zero-order chi connectivity index (χ0) is 13.9. The first-order valence-corrected chi connectivity index (χ1v) is 8.68. The normalized spacial score (nSPS) is 23.4. The van der Waals surface area contributed by atoms with Crippen molar-refractivity contribution in [3.63, 3.8) is 0 Å². The summed E-state index contributed by atoms with van der Waals surface area (Å²) in [7, 11) is 2.17. The van der Waals surface area contributed by atoms with Gasteiger partial charge in [-0.2, -0.15) is 0 Å². The molecule has 20 heavy (non-hydrogen) atoms. The molecule has 1 aliphatic carbocycles. The van der Waals surface area contributed by atoms with Crippen molar-refractivity contribution in [1.29, 1.82) is 0 Å². The van der Waals surface area contributed by atoms with Crippen LogP contribution in [0.4, 0.5) is 5.13 Å². The van der Waals surface area contributed by atoms with Gasteiger partial charge >= 0.3 is 0 Å². The summed E-state index contributed by atoms with van der Waals surface area (Å²) in [6, 6.07) is 1.38. The van der Waals surface area contributed by atoms with Gasteiger partial charge in [0.15, 0.2) is 5.13 Å². The van der Waals surface area contributed by atoms with Crippen LogP contribution in [0.15, 0.2) is 5.38 Å². The van der Waals surface area contributed by atoms with E-state index in [-0.39, 0.29) is 0 Å². The zero-order valence-electron chi connectivity index (χ0n) is 12.3. The lowest BCUT2D eigenvalue weighted by Crippen LogP contribution is -2.29. The van der Waals surface area contributed by atoms with E-state index in [1.807, 2.05) is 0 Å². The maximum atomic E-state index is 8.99. The van der Waals surface area contributed by atoms with Gasteiger partial charge in [0.25, 0.3) is 0 Å². The van der Waals surface area contributed by atoms with Gasteiger partial charge in [0.2, 0.25) is 0 Å². The highest BCUT2D eigenvalue weighted by Gasteiger charge is 2.29. The Labute approximate surface area is 125 Å². The van der Waals surface area contributed by atoms with Crippen molar-refractivity contribution in [3.8, 4) is 0 Å². The first-order valence-electron chi connectivity index (χ1n) is 7.80. The zero-order valence-corrected chi connectivity index (χ0v) is 13.1. The lowest BCUT2D eigenvalue weighted by Gasteiger charge is -2.23. The van der Waals surface area contributed by atoms with Crippen LogP contribution < -0.4 is 4.90 Å². The van der Waals surface area contributed by atoms with Gasteiger partial charge in [-0.3, -0.25) is 4.90 Å². The number of likely N-dealkylation sites (tertiary alicyclic amines) is 1. The molecule has 2 fully saturated rings. The largest absolute Gasteiger partial charge is 0.396 e. The van der Waals surface area contributed by atoms with Crippen LogP contribution in [0.1, 0.15) is 44.2 Å². The number of anilines is 1. The van der Waals surface area contributed by atoms with Crippen LogP contribution in [0, 0.1) is 0 Å². The molecule has 1 aliphatic heterocycles. The third kappa shape index (κ3) is 3.32.